The van der Waals surface area contributed by atoms with Crippen molar-refractivity contribution in [3.05, 3.63) is 108 Å². The third-order valence-electron chi connectivity index (χ3n) is 3.75. The first-order valence-corrected chi connectivity index (χ1v) is 7.86. The smallest absolute Gasteiger partial charge is 0.00941 e. The van der Waals surface area contributed by atoms with Gasteiger partial charge in [0.2, 0.25) is 0 Å². The lowest BCUT2D eigenvalue weighted by atomic mass is 10.0. The van der Waals surface area contributed by atoms with E-state index >= 15 is 0 Å². The lowest BCUT2D eigenvalue weighted by Gasteiger charge is -2.02. The second kappa shape index (κ2) is 8.84. The maximum atomic E-state index is 4.16. The summed E-state index contributed by atoms with van der Waals surface area (Å²) in [5.74, 6) is 0. The van der Waals surface area contributed by atoms with E-state index in [1.165, 1.54) is 16.7 Å². The van der Waals surface area contributed by atoms with E-state index in [0.717, 1.165) is 24.8 Å². The van der Waals surface area contributed by atoms with Crippen molar-refractivity contribution in [2.45, 2.75) is 26.2 Å². The van der Waals surface area contributed by atoms with E-state index in [1.807, 2.05) is 6.07 Å². The van der Waals surface area contributed by atoms with Crippen LogP contribution in [0.25, 0.3) is 0 Å². The molecule has 112 valence electrons. The minimum absolute atomic E-state index is 0.956. The predicted octanol–water partition coefficient (Wildman–Crippen LogP) is 5.92. The highest BCUT2D eigenvalue weighted by atomic mass is 14.0. The van der Waals surface area contributed by atoms with E-state index in [-0.39, 0.29) is 0 Å². The van der Waals surface area contributed by atoms with E-state index in [4.69, 9.17) is 0 Å². The van der Waals surface area contributed by atoms with E-state index in [1.54, 1.807) is 0 Å². The maximum Gasteiger partial charge on any atom is -0.00941 e. The van der Waals surface area contributed by atoms with Crippen LogP contribution in [-0.2, 0) is 12.8 Å². The number of hydrogen-bond acceptors (Lipinski definition) is 0. The first kappa shape index (κ1) is 16.0. The average Bonchev–Trinajstić information content (AvgIpc) is 2.56. The highest BCUT2D eigenvalue weighted by Gasteiger charge is 1.94. The molecule has 0 heterocycles. The summed E-state index contributed by atoms with van der Waals surface area (Å²) in [6.07, 6.45) is 9.69. The normalized spacial score (nSPS) is 11.8. The number of benzene rings is 2. The van der Waals surface area contributed by atoms with Crippen molar-refractivity contribution in [2.24, 2.45) is 0 Å². The Balaban J connectivity index is 1.79. The molecule has 0 bridgehead atoms. The van der Waals surface area contributed by atoms with Gasteiger partial charge >= 0.3 is 0 Å². The van der Waals surface area contributed by atoms with Crippen LogP contribution >= 0.6 is 0 Å². The first-order chi connectivity index (χ1) is 10.8. The largest absolute Gasteiger partial charge is 0.0915 e. The number of aryl methyl sites for hydroxylation is 1. The quantitative estimate of drug-likeness (QED) is 0.555. The van der Waals surface area contributed by atoms with Gasteiger partial charge < -0.3 is 0 Å². The molecule has 0 radical (unpaired) electrons. The number of rotatable bonds is 7. The van der Waals surface area contributed by atoms with Crippen LogP contribution in [0.3, 0.4) is 0 Å². The lowest BCUT2D eigenvalue weighted by Crippen LogP contribution is -1.85. The van der Waals surface area contributed by atoms with Crippen molar-refractivity contribution in [1.29, 1.82) is 0 Å². The molecule has 0 atom stereocenters. The molecule has 0 fully saturated rings. The summed E-state index contributed by atoms with van der Waals surface area (Å²) < 4.78 is 0. The molecule has 2 rings (SSSR count). The molecule has 0 aromatic heterocycles. The molecule has 0 amide bonds. The highest BCUT2D eigenvalue weighted by Crippen LogP contribution is 2.12. The molecule has 0 aliphatic heterocycles. The Kier molecular flexibility index (Phi) is 6.44. The van der Waals surface area contributed by atoms with E-state index in [9.17, 15) is 0 Å². The SMILES string of the molecule is C=C(/C=C/Cc1ccccc1)/C(C)=C/CCc1ccccc1. The van der Waals surface area contributed by atoms with Crippen LogP contribution in [0.4, 0.5) is 0 Å². The molecular weight excluding hydrogens is 264 g/mol. The molecule has 2 aromatic carbocycles. The summed E-state index contributed by atoms with van der Waals surface area (Å²) in [4.78, 5) is 0. The highest BCUT2D eigenvalue weighted by molar-refractivity contribution is 5.36. The fourth-order valence-corrected chi connectivity index (χ4v) is 2.31. The monoisotopic (exact) mass is 288 g/mol. The zero-order valence-electron chi connectivity index (χ0n) is 13.3. The van der Waals surface area contributed by atoms with Gasteiger partial charge in [-0.05, 0) is 48.5 Å². The average molecular weight is 288 g/mol. The predicted molar refractivity (Wildman–Crippen MR) is 96.9 cm³/mol. The molecule has 0 saturated carbocycles. The lowest BCUT2D eigenvalue weighted by molar-refractivity contribution is 0.992. The molecule has 0 heteroatoms. The summed E-state index contributed by atoms with van der Waals surface area (Å²) >= 11 is 0. The Bertz CT molecular complexity index is 630. The van der Waals surface area contributed by atoms with Crippen molar-refractivity contribution in [3.63, 3.8) is 0 Å². The van der Waals surface area contributed by atoms with E-state index in [0.29, 0.717) is 0 Å². The summed E-state index contributed by atoms with van der Waals surface area (Å²) in [5, 5.41) is 0. The van der Waals surface area contributed by atoms with Crippen molar-refractivity contribution < 1.29 is 0 Å². The first-order valence-electron chi connectivity index (χ1n) is 7.86. The topological polar surface area (TPSA) is 0 Å². The van der Waals surface area contributed by atoms with Gasteiger partial charge in [0.15, 0.2) is 0 Å². The fraction of sp³-hybridized carbons (Fsp3) is 0.182. The third kappa shape index (κ3) is 5.57. The van der Waals surface area contributed by atoms with Gasteiger partial charge in [-0.1, -0.05) is 85.5 Å². The Morgan fingerprint density at radius 3 is 2.14 bits per heavy atom. The van der Waals surface area contributed by atoms with Crippen LogP contribution in [0.1, 0.15) is 24.5 Å². The molecule has 0 aliphatic carbocycles. The summed E-state index contributed by atoms with van der Waals surface area (Å²) in [5.41, 5.74) is 5.08. The van der Waals surface area contributed by atoms with Gasteiger partial charge in [0.25, 0.3) is 0 Å². The second-order valence-electron chi connectivity index (χ2n) is 5.53. The van der Waals surface area contributed by atoms with Crippen LogP contribution in [-0.4, -0.2) is 0 Å². The summed E-state index contributed by atoms with van der Waals surface area (Å²) in [6, 6.07) is 21.1. The summed E-state index contributed by atoms with van der Waals surface area (Å²) in [6.45, 7) is 6.30. The van der Waals surface area contributed by atoms with Gasteiger partial charge in [0, 0.05) is 0 Å². The second-order valence-corrected chi connectivity index (χ2v) is 5.53. The number of hydrogen-bond donors (Lipinski definition) is 0. The maximum absolute atomic E-state index is 4.16. The van der Waals surface area contributed by atoms with Crippen LogP contribution < -0.4 is 0 Å². The van der Waals surface area contributed by atoms with Gasteiger partial charge in [0.05, 0.1) is 0 Å². The Morgan fingerprint density at radius 2 is 1.50 bits per heavy atom. The Hall–Kier alpha value is -2.34. The zero-order chi connectivity index (χ0) is 15.6. The molecule has 22 heavy (non-hydrogen) atoms. The van der Waals surface area contributed by atoms with Crippen molar-refractivity contribution in [2.75, 3.05) is 0 Å². The fourth-order valence-electron chi connectivity index (χ4n) is 2.31. The van der Waals surface area contributed by atoms with E-state index < -0.39 is 0 Å². The zero-order valence-corrected chi connectivity index (χ0v) is 13.3. The van der Waals surface area contributed by atoms with Crippen molar-refractivity contribution in [3.8, 4) is 0 Å². The van der Waals surface area contributed by atoms with Crippen LogP contribution in [0.2, 0.25) is 0 Å². The van der Waals surface area contributed by atoms with E-state index in [2.05, 4.69) is 86.3 Å². The molecule has 0 N–H and O–H groups in total. The molecular formula is C22H24. The van der Waals surface area contributed by atoms with Gasteiger partial charge in [-0.25, -0.2) is 0 Å². The molecule has 0 unspecified atom stereocenters. The molecule has 0 aliphatic rings. The Labute approximate surface area is 134 Å². The number of allylic oxidation sites excluding steroid dienone is 5. The van der Waals surface area contributed by atoms with Crippen LogP contribution in [0.15, 0.2) is 96.6 Å². The van der Waals surface area contributed by atoms with Gasteiger partial charge in [-0.3, -0.25) is 0 Å². The minimum Gasteiger partial charge on any atom is -0.0915 e. The van der Waals surface area contributed by atoms with Gasteiger partial charge in [-0.2, -0.15) is 0 Å². The third-order valence-corrected chi connectivity index (χ3v) is 3.75. The Morgan fingerprint density at radius 1 is 0.909 bits per heavy atom. The van der Waals surface area contributed by atoms with Crippen molar-refractivity contribution in [1.82, 2.24) is 0 Å². The van der Waals surface area contributed by atoms with Gasteiger partial charge in [0.1, 0.15) is 0 Å². The molecule has 0 saturated heterocycles. The van der Waals surface area contributed by atoms with Crippen molar-refractivity contribution >= 4 is 0 Å². The summed E-state index contributed by atoms with van der Waals surface area (Å²) in [7, 11) is 0. The van der Waals surface area contributed by atoms with Crippen LogP contribution in [0, 0.1) is 0 Å². The standard InChI is InChI=1S/C22H24/c1-19(11-9-17-21-13-5-3-6-14-21)20(2)12-10-18-22-15-7-4-8-16-22/h3-9,11-16H,1,10,17-18H2,2H3/b11-9+,20-12+. The minimum atomic E-state index is 0.956. The van der Waals surface area contributed by atoms with Gasteiger partial charge in [-0.15, -0.1) is 0 Å². The molecule has 2 aromatic rings. The van der Waals surface area contributed by atoms with Crippen LogP contribution in [0.5, 0.6) is 0 Å². The molecule has 0 spiro atoms. The molecule has 0 nitrogen and oxygen atoms in total.